The van der Waals surface area contributed by atoms with Crippen LogP contribution >= 0.6 is 0 Å². The summed E-state index contributed by atoms with van der Waals surface area (Å²) >= 11 is 0. The van der Waals surface area contributed by atoms with Crippen LogP contribution in [0.5, 0.6) is 0 Å². The molecule has 2 N–H and O–H groups in total. The molecule has 0 fully saturated rings. The Bertz CT molecular complexity index is 538. The summed E-state index contributed by atoms with van der Waals surface area (Å²) in [4.78, 5) is 11.4. The van der Waals surface area contributed by atoms with Gasteiger partial charge in [0.15, 0.2) is 5.78 Å². The zero-order chi connectivity index (χ0) is 11.1. The molecule has 0 bridgehead atoms. The molecule has 1 aromatic carbocycles. The molecule has 16 heavy (non-hydrogen) atoms. The molecule has 0 spiro atoms. The minimum atomic E-state index is 0.201. The van der Waals surface area contributed by atoms with Crippen molar-refractivity contribution in [1.82, 2.24) is 0 Å². The summed E-state index contributed by atoms with van der Waals surface area (Å²) in [5.74, 6) is 0.201. The van der Waals surface area contributed by atoms with Crippen LogP contribution in [0.15, 0.2) is 30.4 Å². The zero-order valence-corrected chi connectivity index (χ0v) is 8.99. The van der Waals surface area contributed by atoms with E-state index in [4.69, 9.17) is 5.73 Å². The second-order valence-electron chi connectivity index (χ2n) is 4.25. The molecular weight excluding hydrogens is 198 g/mol. The van der Waals surface area contributed by atoms with Gasteiger partial charge in [-0.25, -0.2) is 0 Å². The predicted molar refractivity (Wildman–Crippen MR) is 64.8 cm³/mol. The Balaban J connectivity index is 2.08. The minimum absolute atomic E-state index is 0.201. The van der Waals surface area contributed by atoms with Gasteiger partial charge in [-0.05, 0) is 46.9 Å². The summed E-state index contributed by atoms with van der Waals surface area (Å²) in [5.41, 5.74) is 11.9. The van der Waals surface area contributed by atoms with Crippen molar-refractivity contribution in [1.29, 1.82) is 0 Å². The fraction of sp³-hybridized carbons (Fsp3) is 0.214. The maximum Gasteiger partial charge on any atom is 0.160 e. The number of benzene rings is 1. The topological polar surface area (TPSA) is 43.1 Å². The SMILES string of the molecule is NCCc1cccc2c1C1=C2C=CC(=O)C1. The molecule has 0 aliphatic heterocycles. The highest BCUT2D eigenvalue weighted by atomic mass is 16.1. The van der Waals surface area contributed by atoms with Crippen LogP contribution in [0.3, 0.4) is 0 Å². The normalized spacial score (nSPS) is 16.9. The average molecular weight is 211 g/mol. The van der Waals surface area contributed by atoms with Crippen molar-refractivity contribution in [3.8, 4) is 0 Å². The smallest absolute Gasteiger partial charge is 0.160 e. The Kier molecular flexibility index (Phi) is 2.04. The lowest BCUT2D eigenvalue weighted by molar-refractivity contribution is -0.113. The van der Waals surface area contributed by atoms with Crippen molar-refractivity contribution in [2.24, 2.45) is 5.73 Å². The molecule has 0 radical (unpaired) electrons. The van der Waals surface area contributed by atoms with E-state index in [2.05, 4.69) is 18.2 Å². The van der Waals surface area contributed by atoms with Crippen LogP contribution < -0.4 is 5.73 Å². The Labute approximate surface area is 94.5 Å². The second-order valence-corrected chi connectivity index (χ2v) is 4.25. The molecule has 2 aliphatic rings. The van der Waals surface area contributed by atoms with E-state index in [0.717, 1.165) is 6.42 Å². The van der Waals surface area contributed by atoms with Gasteiger partial charge in [-0.2, -0.15) is 0 Å². The van der Waals surface area contributed by atoms with Gasteiger partial charge in [0.05, 0.1) is 0 Å². The molecule has 0 aromatic heterocycles. The van der Waals surface area contributed by atoms with Crippen molar-refractivity contribution in [3.05, 3.63) is 47.0 Å². The monoisotopic (exact) mass is 211 g/mol. The van der Waals surface area contributed by atoms with Crippen LogP contribution in [0.2, 0.25) is 0 Å². The third-order valence-corrected chi connectivity index (χ3v) is 3.27. The van der Waals surface area contributed by atoms with Gasteiger partial charge in [-0.15, -0.1) is 0 Å². The van der Waals surface area contributed by atoms with Gasteiger partial charge in [0, 0.05) is 6.42 Å². The maximum absolute atomic E-state index is 11.4. The molecule has 0 atom stereocenters. The molecule has 0 unspecified atom stereocenters. The fourth-order valence-electron chi connectivity index (χ4n) is 2.56. The van der Waals surface area contributed by atoms with E-state index in [-0.39, 0.29) is 5.78 Å². The molecule has 2 heteroatoms. The van der Waals surface area contributed by atoms with Gasteiger partial charge in [0.2, 0.25) is 0 Å². The molecule has 3 rings (SSSR count). The summed E-state index contributed by atoms with van der Waals surface area (Å²) < 4.78 is 0. The van der Waals surface area contributed by atoms with Crippen LogP contribution in [0.4, 0.5) is 0 Å². The molecule has 0 saturated heterocycles. The number of fused-ring (bicyclic) bond motifs is 3. The third-order valence-electron chi connectivity index (χ3n) is 3.27. The Morgan fingerprint density at radius 3 is 2.94 bits per heavy atom. The maximum atomic E-state index is 11.4. The number of allylic oxidation sites excluding steroid dienone is 4. The summed E-state index contributed by atoms with van der Waals surface area (Å²) in [6, 6.07) is 6.30. The first-order chi connectivity index (χ1) is 7.81. The summed E-state index contributed by atoms with van der Waals surface area (Å²) in [5, 5.41) is 0. The van der Waals surface area contributed by atoms with Crippen LogP contribution in [0, 0.1) is 0 Å². The third kappa shape index (κ3) is 1.20. The van der Waals surface area contributed by atoms with E-state index < -0.39 is 0 Å². The van der Waals surface area contributed by atoms with Gasteiger partial charge >= 0.3 is 0 Å². The molecule has 1 aromatic rings. The minimum Gasteiger partial charge on any atom is -0.330 e. The lowest BCUT2D eigenvalue weighted by atomic mass is 9.73. The molecule has 0 saturated carbocycles. The van der Waals surface area contributed by atoms with E-state index in [0.29, 0.717) is 13.0 Å². The zero-order valence-electron chi connectivity index (χ0n) is 8.99. The average Bonchev–Trinajstić information content (AvgIpc) is 2.27. The van der Waals surface area contributed by atoms with Gasteiger partial charge in [0.25, 0.3) is 0 Å². The van der Waals surface area contributed by atoms with Crippen LogP contribution in [0.25, 0.3) is 11.1 Å². The molecule has 2 aliphatic carbocycles. The largest absolute Gasteiger partial charge is 0.330 e. The molecule has 80 valence electrons. The molecule has 0 heterocycles. The standard InChI is InChI=1S/C14H13NO/c15-7-6-9-2-1-3-12-11-5-4-10(16)8-13(11)14(9)12/h1-5H,6-8,15H2. The van der Waals surface area contributed by atoms with Crippen LogP contribution in [-0.4, -0.2) is 12.3 Å². The Morgan fingerprint density at radius 1 is 1.25 bits per heavy atom. The van der Waals surface area contributed by atoms with Gasteiger partial charge in [-0.3, -0.25) is 4.79 Å². The number of nitrogens with two attached hydrogens (primary N) is 1. The second kappa shape index (κ2) is 3.42. The summed E-state index contributed by atoms with van der Waals surface area (Å²) in [6.45, 7) is 0.656. The van der Waals surface area contributed by atoms with E-state index in [1.807, 2.05) is 6.08 Å². The summed E-state index contributed by atoms with van der Waals surface area (Å²) in [6.07, 6.45) is 5.06. The van der Waals surface area contributed by atoms with E-state index in [1.54, 1.807) is 6.08 Å². The van der Waals surface area contributed by atoms with Crippen LogP contribution in [0.1, 0.15) is 23.1 Å². The lowest BCUT2D eigenvalue weighted by Crippen LogP contribution is -2.16. The Hall–Kier alpha value is -1.67. The van der Waals surface area contributed by atoms with Crippen molar-refractivity contribution < 1.29 is 4.79 Å². The van der Waals surface area contributed by atoms with Gasteiger partial charge < -0.3 is 5.73 Å². The van der Waals surface area contributed by atoms with Crippen molar-refractivity contribution >= 4 is 16.9 Å². The number of carbonyl (C=O) groups excluding carboxylic acids is 1. The van der Waals surface area contributed by atoms with E-state index in [9.17, 15) is 4.79 Å². The number of rotatable bonds is 2. The highest BCUT2D eigenvalue weighted by Crippen LogP contribution is 2.46. The van der Waals surface area contributed by atoms with Gasteiger partial charge in [-0.1, -0.05) is 24.3 Å². The van der Waals surface area contributed by atoms with E-state index >= 15 is 0 Å². The fourth-order valence-corrected chi connectivity index (χ4v) is 2.56. The van der Waals surface area contributed by atoms with E-state index in [1.165, 1.54) is 27.8 Å². The Morgan fingerprint density at radius 2 is 2.12 bits per heavy atom. The molecule has 2 nitrogen and oxygen atoms in total. The first kappa shape index (κ1) is 9.55. The van der Waals surface area contributed by atoms with Crippen molar-refractivity contribution in [2.45, 2.75) is 12.8 Å². The number of hydrogen-bond acceptors (Lipinski definition) is 2. The van der Waals surface area contributed by atoms with Gasteiger partial charge in [0.1, 0.15) is 0 Å². The summed E-state index contributed by atoms with van der Waals surface area (Å²) in [7, 11) is 0. The predicted octanol–water partition coefficient (Wildman–Crippen LogP) is 1.94. The lowest BCUT2D eigenvalue weighted by Gasteiger charge is -2.30. The van der Waals surface area contributed by atoms with Crippen molar-refractivity contribution in [3.63, 3.8) is 0 Å². The van der Waals surface area contributed by atoms with Crippen LogP contribution in [-0.2, 0) is 11.2 Å². The molecular formula is C14H13NO. The number of ketones is 1. The first-order valence-corrected chi connectivity index (χ1v) is 5.58. The number of hydrogen-bond donors (Lipinski definition) is 1. The first-order valence-electron chi connectivity index (χ1n) is 5.58. The van der Waals surface area contributed by atoms with Crippen molar-refractivity contribution in [2.75, 3.05) is 6.54 Å². The highest BCUT2D eigenvalue weighted by molar-refractivity contribution is 6.18. The highest BCUT2D eigenvalue weighted by Gasteiger charge is 2.29. The molecule has 0 amide bonds. The number of carbonyl (C=O) groups is 1. The quantitative estimate of drug-likeness (QED) is 0.812.